The Morgan fingerprint density at radius 3 is 0.775 bits per heavy atom. The molecule has 4 atom stereocenters. The molecule has 0 aromatic carbocycles. The summed E-state index contributed by atoms with van der Waals surface area (Å²) in [4.78, 5) is 72.0. The number of unbranched alkanes of at least 4 members (excludes halogenated alkanes) is 24. The maximum atomic E-state index is 12.9. The number of aliphatic hydroxyl groups excluding tert-OH is 1. The molecule has 2 unspecified atom stereocenters. The fourth-order valence-corrected chi connectivity index (χ4v) is 10.5. The standard InChI is InChI=1S/C61H118O17P2/c1-51(2)37-29-21-13-9-11-15-25-33-41-58(63)71-47-56(77-60(65)43-35-27-19-17-23-31-39-53(5)6)49-75-79(67,68)73-45-55(62)46-74-80(69,70)76-50-57(78-61(66)44-36-28-20-18-24-32-40-54(7)8)48-72-59(64)42-34-26-16-12-10-14-22-30-38-52(3)4/h51-57,62H,9-50H2,1-8H3,(H,67,68)(H,69,70)/t56-,57-/m1/s1. The lowest BCUT2D eigenvalue weighted by Gasteiger charge is -2.21. The van der Waals surface area contributed by atoms with Crippen LogP contribution in [-0.4, -0.2) is 96.7 Å². The topological polar surface area (TPSA) is 237 Å². The quantitative estimate of drug-likeness (QED) is 0.0222. The van der Waals surface area contributed by atoms with Crippen LogP contribution in [0.2, 0.25) is 0 Å². The summed E-state index contributed by atoms with van der Waals surface area (Å²) in [6, 6.07) is 0. The second kappa shape index (κ2) is 51.5. The Hall–Kier alpha value is -1.94. The van der Waals surface area contributed by atoms with Gasteiger partial charge in [0.2, 0.25) is 0 Å². The summed E-state index contributed by atoms with van der Waals surface area (Å²) in [5, 5.41) is 10.5. The maximum absolute atomic E-state index is 12.9. The van der Waals surface area contributed by atoms with E-state index in [1.54, 1.807) is 0 Å². The first kappa shape index (κ1) is 78.1. The van der Waals surface area contributed by atoms with Gasteiger partial charge in [-0.1, -0.05) is 235 Å². The van der Waals surface area contributed by atoms with Crippen LogP contribution in [-0.2, 0) is 65.4 Å². The molecule has 0 fully saturated rings. The third kappa shape index (κ3) is 55.3. The van der Waals surface area contributed by atoms with Crippen molar-refractivity contribution >= 4 is 39.5 Å². The van der Waals surface area contributed by atoms with E-state index < -0.39 is 97.5 Å². The van der Waals surface area contributed by atoms with Crippen molar-refractivity contribution < 1.29 is 80.2 Å². The van der Waals surface area contributed by atoms with Crippen LogP contribution in [0, 0.1) is 23.7 Å². The first-order valence-corrected chi connectivity index (χ1v) is 34.7. The van der Waals surface area contributed by atoms with E-state index in [9.17, 15) is 43.2 Å². The molecule has 0 saturated heterocycles. The Bertz CT molecular complexity index is 1500. The predicted octanol–water partition coefficient (Wildman–Crippen LogP) is 16.2. The van der Waals surface area contributed by atoms with Gasteiger partial charge in [0, 0.05) is 25.7 Å². The lowest BCUT2D eigenvalue weighted by atomic mass is 10.0. The molecule has 0 rings (SSSR count). The van der Waals surface area contributed by atoms with Crippen LogP contribution in [0.3, 0.4) is 0 Å². The number of carbonyl (C=O) groups excluding carboxylic acids is 4. The van der Waals surface area contributed by atoms with Crippen LogP contribution in [0.4, 0.5) is 0 Å². The highest BCUT2D eigenvalue weighted by molar-refractivity contribution is 7.47. The molecule has 0 aliphatic rings. The van der Waals surface area contributed by atoms with Gasteiger partial charge in [0.15, 0.2) is 12.2 Å². The highest BCUT2D eigenvalue weighted by Gasteiger charge is 2.30. The Kier molecular flexibility index (Phi) is 50.2. The molecule has 0 radical (unpaired) electrons. The molecule has 19 heteroatoms. The van der Waals surface area contributed by atoms with Crippen LogP contribution >= 0.6 is 15.6 Å². The summed E-state index contributed by atoms with van der Waals surface area (Å²) in [6.07, 6.45) is 29.8. The molecular weight excluding hydrogens is 1070 g/mol. The molecule has 0 aromatic rings. The highest BCUT2D eigenvalue weighted by Crippen LogP contribution is 2.45. The normalized spacial score (nSPS) is 14.5. The van der Waals surface area contributed by atoms with E-state index in [2.05, 4.69) is 55.4 Å². The number of esters is 4. The zero-order chi connectivity index (χ0) is 59.7. The van der Waals surface area contributed by atoms with E-state index in [4.69, 9.17) is 37.0 Å². The number of phosphoric ester groups is 2. The summed E-state index contributed by atoms with van der Waals surface area (Å²) in [5.41, 5.74) is 0. The first-order chi connectivity index (χ1) is 38.1. The van der Waals surface area contributed by atoms with Crippen molar-refractivity contribution in [3.8, 4) is 0 Å². The second-order valence-corrected chi connectivity index (χ2v) is 26.9. The van der Waals surface area contributed by atoms with Gasteiger partial charge in [0.1, 0.15) is 19.3 Å². The molecule has 0 aliphatic heterocycles. The van der Waals surface area contributed by atoms with E-state index in [0.717, 1.165) is 102 Å². The molecule has 3 N–H and O–H groups in total. The Morgan fingerprint density at radius 2 is 0.525 bits per heavy atom. The van der Waals surface area contributed by atoms with Gasteiger partial charge in [-0.3, -0.25) is 37.3 Å². The summed E-state index contributed by atoms with van der Waals surface area (Å²) in [5.74, 6) is 0.640. The van der Waals surface area contributed by atoms with E-state index >= 15 is 0 Å². The highest BCUT2D eigenvalue weighted by atomic mass is 31.2. The van der Waals surface area contributed by atoms with Gasteiger partial charge >= 0.3 is 39.5 Å². The monoisotopic (exact) mass is 1180 g/mol. The van der Waals surface area contributed by atoms with Crippen molar-refractivity contribution in [1.82, 2.24) is 0 Å². The van der Waals surface area contributed by atoms with Crippen molar-refractivity contribution in [2.24, 2.45) is 23.7 Å². The van der Waals surface area contributed by atoms with E-state index in [1.807, 2.05) is 0 Å². The largest absolute Gasteiger partial charge is 0.472 e. The van der Waals surface area contributed by atoms with Crippen molar-refractivity contribution in [3.63, 3.8) is 0 Å². The van der Waals surface area contributed by atoms with Crippen LogP contribution in [0.5, 0.6) is 0 Å². The Balaban J connectivity index is 5.23. The van der Waals surface area contributed by atoms with Crippen LogP contribution < -0.4 is 0 Å². The molecule has 0 saturated carbocycles. The van der Waals surface area contributed by atoms with Crippen molar-refractivity contribution in [1.29, 1.82) is 0 Å². The van der Waals surface area contributed by atoms with Crippen molar-refractivity contribution in [2.75, 3.05) is 39.6 Å². The summed E-state index contributed by atoms with van der Waals surface area (Å²) >= 11 is 0. The number of carbonyl (C=O) groups is 4. The smallest absolute Gasteiger partial charge is 0.462 e. The van der Waals surface area contributed by atoms with Gasteiger partial charge in [0.25, 0.3) is 0 Å². The summed E-state index contributed by atoms with van der Waals surface area (Å²) in [7, 11) is -9.88. The second-order valence-electron chi connectivity index (χ2n) is 24.0. The predicted molar refractivity (Wildman–Crippen MR) is 317 cm³/mol. The fraction of sp³-hybridized carbons (Fsp3) is 0.934. The number of phosphoric acid groups is 2. The van der Waals surface area contributed by atoms with Crippen LogP contribution in [0.25, 0.3) is 0 Å². The van der Waals surface area contributed by atoms with Gasteiger partial charge in [-0.25, -0.2) is 9.13 Å². The minimum absolute atomic E-state index is 0.101. The SMILES string of the molecule is CC(C)CCCCCCCCCCC(=O)OC[C@H](COP(=O)(O)OCC(O)COP(=O)(O)OC[C@@H](COC(=O)CCCCCCCCCCC(C)C)OC(=O)CCCCCCCCC(C)C)OC(=O)CCCCCCCCC(C)C. The first-order valence-electron chi connectivity index (χ1n) is 31.7. The summed E-state index contributed by atoms with van der Waals surface area (Å²) in [6.45, 7) is 13.8. The van der Waals surface area contributed by atoms with E-state index in [1.165, 1.54) is 89.9 Å². The lowest BCUT2D eigenvalue weighted by Crippen LogP contribution is -2.30. The van der Waals surface area contributed by atoms with E-state index in [-0.39, 0.29) is 25.7 Å². The number of hydrogen-bond donors (Lipinski definition) is 3. The molecule has 474 valence electrons. The van der Waals surface area contributed by atoms with Gasteiger partial charge < -0.3 is 33.8 Å². The molecule has 80 heavy (non-hydrogen) atoms. The molecule has 0 aromatic heterocycles. The number of hydrogen-bond acceptors (Lipinski definition) is 15. The molecule has 0 bridgehead atoms. The molecule has 0 spiro atoms. The number of rotatable bonds is 58. The molecular formula is C61H118O17P2. The Labute approximate surface area is 486 Å². The minimum atomic E-state index is -4.94. The average Bonchev–Trinajstić information content (AvgIpc) is 3.39. The zero-order valence-corrected chi connectivity index (χ0v) is 53.5. The third-order valence-electron chi connectivity index (χ3n) is 13.8. The third-order valence-corrected chi connectivity index (χ3v) is 15.7. The molecule has 0 amide bonds. The van der Waals surface area contributed by atoms with E-state index in [0.29, 0.717) is 37.5 Å². The number of ether oxygens (including phenoxy) is 4. The van der Waals surface area contributed by atoms with Crippen LogP contribution in [0.1, 0.15) is 287 Å². The number of aliphatic hydroxyl groups is 1. The molecule has 17 nitrogen and oxygen atoms in total. The van der Waals surface area contributed by atoms with Gasteiger partial charge in [0.05, 0.1) is 26.4 Å². The zero-order valence-electron chi connectivity index (χ0n) is 51.7. The Morgan fingerprint density at radius 1 is 0.312 bits per heavy atom. The fourth-order valence-electron chi connectivity index (χ4n) is 8.90. The molecule has 0 heterocycles. The lowest BCUT2D eigenvalue weighted by molar-refractivity contribution is -0.161. The maximum Gasteiger partial charge on any atom is 0.472 e. The average molecular weight is 1190 g/mol. The van der Waals surface area contributed by atoms with Crippen LogP contribution in [0.15, 0.2) is 0 Å². The van der Waals surface area contributed by atoms with Gasteiger partial charge in [-0.15, -0.1) is 0 Å². The van der Waals surface area contributed by atoms with Crippen molar-refractivity contribution in [2.45, 2.75) is 305 Å². The van der Waals surface area contributed by atoms with Gasteiger partial charge in [-0.2, -0.15) is 0 Å². The molecule has 0 aliphatic carbocycles. The minimum Gasteiger partial charge on any atom is -0.462 e. The summed E-state index contributed by atoms with van der Waals surface area (Å²) < 4.78 is 67.8. The van der Waals surface area contributed by atoms with Gasteiger partial charge in [-0.05, 0) is 49.4 Å². The van der Waals surface area contributed by atoms with Crippen molar-refractivity contribution in [3.05, 3.63) is 0 Å².